The van der Waals surface area contributed by atoms with Gasteiger partial charge in [-0.1, -0.05) is 20.3 Å². The van der Waals surface area contributed by atoms with Gasteiger partial charge in [-0.2, -0.15) is 4.31 Å². The van der Waals surface area contributed by atoms with Crippen LogP contribution < -0.4 is 10.3 Å². The average Bonchev–Trinajstić information content (AvgIpc) is 3.25. The van der Waals surface area contributed by atoms with Crippen molar-refractivity contribution in [2.24, 2.45) is 13.0 Å². The van der Waals surface area contributed by atoms with Gasteiger partial charge in [-0.15, -0.1) is 10.1 Å². The highest BCUT2D eigenvalue weighted by Crippen LogP contribution is 2.34. The molecule has 3 heterocycles. The topological polar surface area (TPSA) is 170 Å². The smallest absolute Gasteiger partial charge is 0.294 e. The Morgan fingerprint density at radius 3 is 2.60 bits per heavy atom. The van der Waals surface area contributed by atoms with Gasteiger partial charge in [-0.3, -0.25) is 4.79 Å². The van der Waals surface area contributed by atoms with Crippen LogP contribution in [0, 0.1) is 16.0 Å². The molecule has 14 heteroatoms. The molecular formula is C26H35N5O8S. The molecule has 1 aliphatic heterocycles. The highest BCUT2D eigenvalue weighted by Gasteiger charge is 2.34. The minimum absolute atomic E-state index is 0.00892. The number of aromatic amines is 1. The summed E-state index contributed by atoms with van der Waals surface area (Å²) in [5.74, 6) is 0.259. The van der Waals surface area contributed by atoms with Gasteiger partial charge in [0.15, 0.2) is 0 Å². The Morgan fingerprint density at radius 1 is 1.25 bits per heavy atom. The summed E-state index contributed by atoms with van der Waals surface area (Å²) in [5.41, 5.74) is 1.95. The fraction of sp³-hybridized carbons (Fsp3) is 0.538. The Kier molecular flexibility index (Phi) is 9.11. The summed E-state index contributed by atoms with van der Waals surface area (Å²) in [4.78, 5) is 36.0. The molecule has 1 atom stereocenters. The van der Waals surface area contributed by atoms with Crippen molar-refractivity contribution < 1.29 is 28.2 Å². The maximum atomic E-state index is 13.6. The zero-order valence-electron chi connectivity index (χ0n) is 22.8. The summed E-state index contributed by atoms with van der Waals surface area (Å²) >= 11 is 0. The molecule has 0 spiro atoms. The molecule has 0 saturated carbocycles. The van der Waals surface area contributed by atoms with Gasteiger partial charge in [0.2, 0.25) is 10.0 Å². The maximum absolute atomic E-state index is 13.6. The third-order valence-electron chi connectivity index (χ3n) is 7.15. The zero-order valence-corrected chi connectivity index (χ0v) is 23.6. The van der Waals surface area contributed by atoms with Gasteiger partial charge < -0.3 is 24.2 Å². The number of ether oxygens (including phenoxy) is 1. The van der Waals surface area contributed by atoms with Crippen molar-refractivity contribution in [2.45, 2.75) is 57.0 Å². The molecule has 40 heavy (non-hydrogen) atoms. The number of piperidine rings is 1. The van der Waals surface area contributed by atoms with E-state index < -0.39 is 27.8 Å². The van der Waals surface area contributed by atoms with E-state index >= 15 is 0 Å². The molecule has 1 fully saturated rings. The fourth-order valence-electron chi connectivity index (χ4n) is 5.17. The molecule has 2 N–H and O–H groups in total. The van der Waals surface area contributed by atoms with Gasteiger partial charge in [0.25, 0.3) is 10.6 Å². The quantitative estimate of drug-likeness (QED) is 0.243. The fourth-order valence-corrected chi connectivity index (χ4v) is 6.66. The molecule has 0 radical (unpaired) electrons. The van der Waals surface area contributed by atoms with Crippen molar-refractivity contribution in [3.05, 3.63) is 50.4 Å². The van der Waals surface area contributed by atoms with E-state index in [0.717, 1.165) is 24.8 Å². The summed E-state index contributed by atoms with van der Waals surface area (Å²) in [5, 5.41) is 19.3. The molecule has 13 nitrogen and oxygen atoms in total. The number of nitrogens with zero attached hydrogens (tertiary/aromatic N) is 4. The van der Waals surface area contributed by atoms with Crippen LogP contribution in [0.25, 0.3) is 22.4 Å². The summed E-state index contributed by atoms with van der Waals surface area (Å²) < 4.78 is 36.2. The lowest BCUT2D eigenvalue weighted by molar-refractivity contribution is -0.771. The Hall–Kier alpha value is -3.49. The van der Waals surface area contributed by atoms with Crippen molar-refractivity contribution in [3.8, 4) is 17.1 Å². The first kappa shape index (κ1) is 29.5. The predicted octanol–water partition coefficient (Wildman–Crippen LogP) is 2.64. The van der Waals surface area contributed by atoms with Crippen LogP contribution in [0.2, 0.25) is 0 Å². The molecule has 1 aromatic carbocycles. The molecular weight excluding hydrogens is 542 g/mol. The van der Waals surface area contributed by atoms with E-state index in [9.17, 15) is 28.4 Å². The first-order chi connectivity index (χ1) is 19.1. The third-order valence-corrected chi connectivity index (χ3v) is 9.05. The lowest BCUT2D eigenvalue weighted by Gasteiger charge is -2.33. The maximum Gasteiger partial charge on any atom is 0.294 e. The molecule has 1 aliphatic rings. The molecule has 1 unspecified atom stereocenters. The molecule has 1 saturated heterocycles. The van der Waals surface area contributed by atoms with E-state index in [1.807, 2.05) is 20.0 Å². The molecule has 3 aromatic rings. The highest BCUT2D eigenvalue weighted by atomic mass is 32.2. The Labute approximate surface area is 231 Å². The molecule has 218 valence electrons. The number of hydrogen-bond acceptors (Lipinski definition) is 9. The van der Waals surface area contributed by atoms with E-state index in [1.165, 1.54) is 16.4 Å². The summed E-state index contributed by atoms with van der Waals surface area (Å²) in [6.07, 6.45) is 3.81. The van der Waals surface area contributed by atoms with Crippen molar-refractivity contribution in [2.75, 3.05) is 26.3 Å². The number of nitrogens with one attached hydrogen (secondary N) is 1. The number of H-pyrrole nitrogens is 1. The monoisotopic (exact) mass is 577 g/mol. The molecule has 4 rings (SSSR count). The van der Waals surface area contributed by atoms with Crippen LogP contribution >= 0.6 is 0 Å². The van der Waals surface area contributed by atoms with E-state index in [2.05, 4.69) is 9.82 Å². The van der Waals surface area contributed by atoms with E-state index in [0.29, 0.717) is 41.8 Å². The normalized spacial score (nSPS) is 15.8. The second-order valence-corrected chi connectivity index (χ2v) is 11.9. The van der Waals surface area contributed by atoms with Crippen LogP contribution in [-0.4, -0.2) is 69.9 Å². The van der Waals surface area contributed by atoms with Gasteiger partial charge in [0, 0.05) is 26.3 Å². The second kappa shape index (κ2) is 12.4. The minimum atomic E-state index is -3.96. The second-order valence-electron chi connectivity index (χ2n) is 9.92. The highest BCUT2D eigenvalue weighted by molar-refractivity contribution is 7.89. The number of benzene rings is 1. The lowest BCUT2D eigenvalue weighted by atomic mass is 9.92. The summed E-state index contributed by atoms with van der Waals surface area (Å²) in [6, 6.07) is 4.49. The van der Waals surface area contributed by atoms with Crippen LogP contribution in [0.5, 0.6) is 5.75 Å². The lowest BCUT2D eigenvalue weighted by Crippen LogP contribution is -2.43. The number of fused-ring (bicyclic) bond motifs is 1. The van der Waals surface area contributed by atoms with E-state index in [4.69, 9.17) is 9.72 Å². The van der Waals surface area contributed by atoms with Crippen LogP contribution in [0.3, 0.4) is 0 Å². The summed E-state index contributed by atoms with van der Waals surface area (Å²) in [6.45, 7) is 4.08. The third kappa shape index (κ3) is 5.98. The van der Waals surface area contributed by atoms with Gasteiger partial charge >= 0.3 is 0 Å². The number of rotatable bonds is 12. The number of aromatic nitrogens is 3. The predicted molar refractivity (Wildman–Crippen MR) is 147 cm³/mol. The molecule has 0 amide bonds. The molecule has 0 bridgehead atoms. The van der Waals surface area contributed by atoms with Crippen LogP contribution in [-0.2, 0) is 28.3 Å². The number of aliphatic hydroxyl groups excluding tert-OH is 1. The largest absolute Gasteiger partial charge is 0.493 e. The van der Waals surface area contributed by atoms with Crippen molar-refractivity contribution in [1.29, 1.82) is 0 Å². The number of aliphatic hydroxyl groups is 1. The summed E-state index contributed by atoms with van der Waals surface area (Å²) in [7, 11) is -2.17. The Balaban J connectivity index is 1.70. The zero-order chi connectivity index (χ0) is 29.0. The molecule has 2 aromatic heterocycles. The van der Waals surface area contributed by atoms with Crippen molar-refractivity contribution >= 4 is 21.1 Å². The number of aryl methyl sites for hydroxylation is 2. The molecule has 0 aliphatic carbocycles. The van der Waals surface area contributed by atoms with Crippen LogP contribution in [0.15, 0.2) is 34.1 Å². The van der Waals surface area contributed by atoms with Crippen molar-refractivity contribution in [3.63, 3.8) is 0 Å². The Bertz CT molecular complexity index is 1530. The average molecular weight is 578 g/mol. The number of hydrogen-bond donors (Lipinski definition) is 2. The first-order valence-corrected chi connectivity index (χ1v) is 14.8. The SMILES string of the molecule is CCCOc1ccc(S(=O)(=O)N2CCC(C(CO)O[N+](=O)[O-])CC2)cc1-c1nc2c(CCC)cn(C)c2c(=O)[nH]1. The van der Waals surface area contributed by atoms with Crippen molar-refractivity contribution in [1.82, 2.24) is 18.8 Å². The van der Waals surface area contributed by atoms with Crippen LogP contribution in [0.4, 0.5) is 0 Å². The van der Waals surface area contributed by atoms with Gasteiger partial charge in [0.1, 0.15) is 23.2 Å². The Morgan fingerprint density at radius 2 is 1.98 bits per heavy atom. The van der Waals surface area contributed by atoms with E-state index in [1.54, 1.807) is 17.7 Å². The van der Waals surface area contributed by atoms with Crippen LogP contribution in [0.1, 0.15) is 45.1 Å². The van der Waals surface area contributed by atoms with Gasteiger partial charge in [0.05, 0.1) is 29.2 Å². The number of sulfonamides is 1. The minimum Gasteiger partial charge on any atom is -0.493 e. The standard InChI is InChI=1S/C26H35N5O8S/c1-4-6-18-15-29(3)24-23(18)27-25(28-26(24)33)20-14-19(7-8-21(20)38-13-5-2)40(36,37)30-11-9-17(10-12-30)22(16-32)39-31(34)35/h7-8,14-15,17,22,32H,4-6,9-13,16H2,1-3H3,(H,27,28,33). The van der Waals surface area contributed by atoms with E-state index in [-0.39, 0.29) is 35.3 Å². The first-order valence-electron chi connectivity index (χ1n) is 13.4. The van der Waals surface area contributed by atoms with Gasteiger partial charge in [-0.05, 0) is 55.4 Å². The van der Waals surface area contributed by atoms with Gasteiger partial charge in [-0.25, -0.2) is 13.4 Å².